The van der Waals surface area contributed by atoms with Gasteiger partial charge in [0, 0.05) is 25.6 Å². The van der Waals surface area contributed by atoms with Crippen molar-refractivity contribution >= 4 is 6.09 Å². The number of likely N-dealkylation sites (tertiary alicyclic amines) is 1. The molecule has 0 saturated carbocycles. The summed E-state index contributed by atoms with van der Waals surface area (Å²) in [5, 5.41) is 0. The van der Waals surface area contributed by atoms with Crippen molar-refractivity contribution < 1.29 is 14.3 Å². The van der Waals surface area contributed by atoms with Crippen molar-refractivity contribution in [3.05, 3.63) is 0 Å². The molecule has 2 saturated heterocycles. The molecular formula is C13H24N2O3. The van der Waals surface area contributed by atoms with Crippen LogP contribution in [0.3, 0.4) is 0 Å². The Balaban J connectivity index is 1.94. The van der Waals surface area contributed by atoms with Crippen LogP contribution in [0.4, 0.5) is 4.79 Å². The Hall–Kier alpha value is -0.810. The number of rotatable bonds is 1. The van der Waals surface area contributed by atoms with Crippen molar-refractivity contribution in [3.63, 3.8) is 0 Å². The lowest BCUT2D eigenvalue weighted by Crippen LogP contribution is -2.48. The first-order valence-corrected chi connectivity index (χ1v) is 6.70. The van der Waals surface area contributed by atoms with Gasteiger partial charge in [-0.15, -0.1) is 0 Å². The zero-order chi connectivity index (χ0) is 13.3. The molecule has 0 radical (unpaired) electrons. The lowest BCUT2D eigenvalue weighted by Gasteiger charge is -2.36. The van der Waals surface area contributed by atoms with E-state index in [0.29, 0.717) is 24.9 Å². The van der Waals surface area contributed by atoms with Gasteiger partial charge in [-0.3, -0.25) is 0 Å². The lowest BCUT2D eigenvalue weighted by molar-refractivity contribution is 0.0104. The number of nitrogens with two attached hydrogens (primary N) is 1. The highest BCUT2D eigenvalue weighted by Gasteiger charge is 2.42. The van der Waals surface area contributed by atoms with Gasteiger partial charge in [-0.2, -0.15) is 0 Å². The second-order valence-corrected chi connectivity index (χ2v) is 6.25. The van der Waals surface area contributed by atoms with Crippen LogP contribution in [-0.2, 0) is 9.47 Å². The standard InChI is InChI=1S/C13H24N2O3/c1-13(2,3)18-12(16)15-5-4-9-8-17-11(6-14)10(9)7-15/h9-11H,4-8,14H2,1-3H3/t9-,10-,11?/m0/s1. The monoisotopic (exact) mass is 256 g/mol. The SMILES string of the molecule is CC(C)(C)OC(=O)N1CC[C@H]2COC(CN)[C@H]2C1. The number of hydrogen-bond acceptors (Lipinski definition) is 4. The highest BCUT2D eigenvalue weighted by Crippen LogP contribution is 2.34. The van der Waals surface area contributed by atoms with E-state index in [0.717, 1.165) is 19.6 Å². The van der Waals surface area contributed by atoms with E-state index in [1.807, 2.05) is 20.8 Å². The van der Waals surface area contributed by atoms with Gasteiger partial charge in [-0.25, -0.2) is 4.79 Å². The molecule has 2 fully saturated rings. The quantitative estimate of drug-likeness (QED) is 0.766. The summed E-state index contributed by atoms with van der Waals surface area (Å²) in [6.07, 6.45) is 0.865. The van der Waals surface area contributed by atoms with Crippen molar-refractivity contribution in [1.82, 2.24) is 4.90 Å². The number of amides is 1. The van der Waals surface area contributed by atoms with Gasteiger partial charge in [0.1, 0.15) is 5.60 Å². The number of nitrogens with zero attached hydrogens (tertiary/aromatic N) is 1. The van der Waals surface area contributed by atoms with E-state index in [4.69, 9.17) is 15.2 Å². The Bertz CT molecular complexity index is 308. The van der Waals surface area contributed by atoms with E-state index in [2.05, 4.69) is 0 Å². The largest absolute Gasteiger partial charge is 0.444 e. The van der Waals surface area contributed by atoms with Crippen LogP contribution in [0, 0.1) is 11.8 Å². The molecule has 0 aromatic heterocycles. The summed E-state index contributed by atoms with van der Waals surface area (Å²) in [6.45, 7) is 8.45. The van der Waals surface area contributed by atoms with Crippen LogP contribution < -0.4 is 5.73 Å². The molecule has 18 heavy (non-hydrogen) atoms. The fourth-order valence-corrected chi connectivity index (χ4v) is 2.76. The molecule has 2 N–H and O–H groups in total. The number of ether oxygens (including phenoxy) is 2. The fourth-order valence-electron chi connectivity index (χ4n) is 2.76. The van der Waals surface area contributed by atoms with E-state index in [9.17, 15) is 4.79 Å². The molecule has 0 bridgehead atoms. The van der Waals surface area contributed by atoms with Crippen molar-refractivity contribution in [2.75, 3.05) is 26.2 Å². The summed E-state index contributed by atoms with van der Waals surface area (Å²) in [7, 11) is 0. The second-order valence-electron chi connectivity index (χ2n) is 6.25. The molecule has 0 spiro atoms. The normalized spacial score (nSPS) is 32.2. The van der Waals surface area contributed by atoms with Gasteiger partial charge in [0.15, 0.2) is 0 Å². The smallest absolute Gasteiger partial charge is 0.410 e. The topological polar surface area (TPSA) is 64.8 Å². The molecule has 3 atom stereocenters. The zero-order valence-corrected chi connectivity index (χ0v) is 11.5. The summed E-state index contributed by atoms with van der Waals surface area (Å²) in [5.41, 5.74) is 5.27. The second kappa shape index (κ2) is 5.05. The first-order valence-electron chi connectivity index (χ1n) is 6.70. The first-order chi connectivity index (χ1) is 8.40. The van der Waals surface area contributed by atoms with E-state index < -0.39 is 5.60 Å². The number of piperidine rings is 1. The Morgan fingerprint density at radius 3 is 2.83 bits per heavy atom. The van der Waals surface area contributed by atoms with Gasteiger partial charge < -0.3 is 20.1 Å². The fraction of sp³-hybridized carbons (Fsp3) is 0.923. The van der Waals surface area contributed by atoms with Gasteiger partial charge in [0.2, 0.25) is 0 Å². The summed E-state index contributed by atoms with van der Waals surface area (Å²) >= 11 is 0. The van der Waals surface area contributed by atoms with Crippen LogP contribution in [0.2, 0.25) is 0 Å². The minimum atomic E-state index is -0.437. The molecule has 0 aliphatic carbocycles. The average molecular weight is 256 g/mol. The van der Waals surface area contributed by atoms with Gasteiger partial charge in [0.05, 0.1) is 12.7 Å². The third kappa shape index (κ3) is 2.95. The molecule has 2 rings (SSSR count). The Morgan fingerprint density at radius 1 is 1.50 bits per heavy atom. The van der Waals surface area contributed by atoms with Crippen LogP contribution in [0.1, 0.15) is 27.2 Å². The molecule has 1 unspecified atom stereocenters. The molecular weight excluding hydrogens is 232 g/mol. The molecule has 5 heteroatoms. The third-order valence-electron chi connectivity index (χ3n) is 3.69. The van der Waals surface area contributed by atoms with E-state index in [-0.39, 0.29) is 12.2 Å². The lowest BCUT2D eigenvalue weighted by atomic mass is 9.85. The van der Waals surface area contributed by atoms with Crippen LogP contribution in [0.15, 0.2) is 0 Å². The number of carbonyl (C=O) groups excluding carboxylic acids is 1. The van der Waals surface area contributed by atoms with Gasteiger partial charge >= 0.3 is 6.09 Å². The molecule has 2 aliphatic heterocycles. The number of carbonyl (C=O) groups is 1. The maximum Gasteiger partial charge on any atom is 0.410 e. The summed E-state index contributed by atoms with van der Waals surface area (Å²) in [6, 6.07) is 0. The maximum absolute atomic E-state index is 12.0. The van der Waals surface area contributed by atoms with Crippen LogP contribution in [0.5, 0.6) is 0 Å². The van der Waals surface area contributed by atoms with Crippen LogP contribution in [0.25, 0.3) is 0 Å². The molecule has 0 aromatic carbocycles. The Morgan fingerprint density at radius 2 is 2.22 bits per heavy atom. The maximum atomic E-state index is 12.0. The predicted octanol–water partition coefficient (Wildman–Crippen LogP) is 1.22. The van der Waals surface area contributed by atoms with Crippen molar-refractivity contribution in [3.8, 4) is 0 Å². The molecule has 5 nitrogen and oxygen atoms in total. The van der Waals surface area contributed by atoms with Crippen LogP contribution in [-0.4, -0.2) is 48.9 Å². The van der Waals surface area contributed by atoms with Crippen molar-refractivity contribution in [1.29, 1.82) is 0 Å². The average Bonchev–Trinajstić information content (AvgIpc) is 2.68. The third-order valence-corrected chi connectivity index (χ3v) is 3.69. The minimum Gasteiger partial charge on any atom is -0.444 e. The molecule has 104 valence electrons. The minimum absolute atomic E-state index is 0.0974. The highest BCUT2D eigenvalue weighted by atomic mass is 16.6. The Kier molecular flexibility index (Phi) is 3.82. The number of fused-ring (bicyclic) bond motifs is 1. The Labute approximate surface area is 109 Å². The summed E-state index contributed by atoms with van der Waals surface area (Å²) in [5.74, 6) is 0.925. The summed E-state index contributed by atoms with van der Waals surface area (Å²) < 4.78 is 11.1. The van der Waals surface area contributed by atoms with Gasteiger partial charge in [-0.1, -0.05) is 0 Å². The highest BCUT2D eigenvalue weighted by molar-refractivity contribution is 5.68. The van der Waals surface area contributed by atoms with Crippen molar-refractivity contribution in [2.24, 2.45) is 17.6 Å². The molecule has 0 aromatic rings. The van der Waals surface area contributed by atoms with E-state index in [1.165, 1.54) is 0 Å². The van der Waals surface area contributed by atoms with E-state index in [1.54, 1.807) is 4.90 Å². The van der Waals surface area contributed by atoms with Crippen LogP contribution >= 0.6 is 0 Å². The summed E-state index contributed by atoms with van der Waals surface area (Å²) in [4.78, 5) is 13.8. The molecule has 2 heterocycles. The van der Waals surface area contributed by atoms with E-state index >= 15 is 0 Å². The number of hydrogen-bond donors (Lipinski definition) is 1. The zero-order valence-electron chi connectivity index (χ0n) is 11.5. The van der Waals surface area contributed by atoms with Gasteiger partial charge in [0.25, 0.3) is 0 Å². The first kappa shape index (κ1) is 13.6. The molecule has 1 amide bonds. The molecule has 2 aliphatic rings. The van der Waals surface area contributed by atoms with Gasteiger partial charge in [-0.05, 0) is 33.1 Å². The predicted molar refractivity (Wildman–Crippen MR) is 68.2 cm³/mol. The van der Waals surface area contributed by atoms with Crippen molar-refractivity contribution in [2.45, 2.75) is 38.9 Å².